The highest BCUT2D eigenvalue weighted by atomic mass is 16.1. The molecular weight excluding hydrogens is 138 g/mol. The molecule has 2 nitrogen and oxygen atoms in total. The maximum Gasteiger partial charge on any atom is 0.130 e. The van der Waals surface area contributed by atoms with Gasteiger partial charge in [-0.3, -0.25) is 0 Å². The van der Waals surface area contributed by atoms with Gasteiger partial charge in [0.05, 0.1) is 19.6 Å². The maximum absolute atomic E-state index is 10.6. The van der Waals surface area contributed by atoms with Crippen LogP contribution in [0.3, 0.4) is 0 Å². The van der Waals surface area contributed by atoms with E-state index in [1.165, 1.54) is 13.1 Å². The zero-order valence-corrected chi connectivity index (χ0v) is 7.94. The van der Waals surface area contributed by atoms with E-state index in [1.54, 1.807) is 11.8 Å². The lowest BCUT2D eigenvalue weighted by atomic mass is 10.2. The molecule has 0 saturated heterocycles. The molecule has 0 heterocycles. The molecule has 0 aliphatic rings. The molecule has 0 radical (unpaired) electrons. The SMILES string of the molecule is CC[NH+](CC)CCCC(C)=O. The molecule has 0 amide bonds. The van der Waals surface area contributed by atoms with Gasteiger partial charge in [-0.1, -0.05) is 0 Å². The van der Waals surface area contributed by atoms with Crippen molar-refractivity contribution in [3.63, 3.8) is 0 Å². The van der Waals surface area contributed by atoms with Crippen LogP contribution < -0.4 is 4.90 Å². The largest absolute Gasteiger partial charge is 0.335 e. The van der Waals surface area contributed by atoms with E-state index < -0.39 is 0 Å². The van der Waals surface area contributed by atoms with Gasteiger partial charge in [-0.2, -0.15) is 0 Å². The van der Waals surface area contributed by atoms with Gasteiger partial charge in [-0.15, -0.1) is 0 Å². The zero-order valence-electron chi connectivity index (χ0n) is 7.94. The van der Waals surface area contributed by atoms with E-state index in [0.717, 1.165) is 19.4 Å². The molecule has 66 valence electrons. The number of hydrogen-bond donors (Lipinski definition) is 1. The number of ketones is 1. The standard InChI is InChI=1S/C9H19NO/c1-4-10(5-2)8-6-7-9(3)11/h4-8H2,1-3H3/p+1. The molecule has 0 saturated carbocycles. The van der Waals surface area contributed by atoms with Crippen molar-refractivity contribution in [2.75, 3.05) is 19.6 Å². The van der Waals surface area contributed by atoms with Crippen LogP contribution in [-0.4, -0.2) is 25.4 Å². The number of hydrogen-bond acceptors (Lipinski definition) is 1. The summed E-state index contributed by atoms with van der Waals surface area (Å²) >= 11 is 0. The predicted molar refractivity (Wildman–Crippen MR) is 46.8 cm³/mol. The van der Waals surface area contributed by atoms with Gasteiger partial charge in [0.25, 0.3) is 0 Å². The average Bonchev–Trinajstić information content (AvgIpc) is 1.98. The summed E-state index contributed by atoms with van der Waals surface area (Å²) in [6.07, 6.45) is 1.80. The average molecular weight is 158 g/mol. The van der Waals surface area contributed by atoms with Gasteiger partial charge in [0.2, 0.25) is 0 Å². The van der Waals surface area contributed by atoms with Crippen molar-refractivity contribution in [3.8, 4) is 0 Å². The number of Topliss-reactive ketones (excluding diaryl/α,β-unsaturated/α-hetero) is 1. The Morgan fingerprint density at radius 1 is 1.27 bits per heavy atom. The fourth-order valence-corrected chi connectivity index (χ4v) is 1.19. The quantitative estimate of drug-likeness (QED) is 0.589. The third-order valence-electron chi connectivity index (χ3n) is 2.06. The highest BCUT2D eigenvalue weighted by molar-refractivity contribution is 5.75. The van der Waals surface area contributed by atoms with E-state index in [1.807, 2.05) is 0 Å². The maximum atomic E-state index is 10.6. The Labute approximate surface area is 69.6 Å². The number of quaternary nitrogens is 1. The van der Waals surface area contributed by atoms with Crippen LogP contribution in [0.4, 0.5) is 0 Å². The van der Waals surface area contributed by atoms with Gasteiger partial charge >= 0.3 is 0 Å². The number of carbonyl (C=O) groups excluding carboxylic acids is 1. The van der Waals surface area contributed by atoms with Gasteiger partial charge < -0.3 is 9.69 Å². The van der Waals surface area contributed by atoms with E-state index >= 15 is 0 Å². The van der Waals surface area contributed by atoms with Crippen molar-refractivity contribution in [2.45, 2.75) is 33.6 Å². The Balaban J connectivity index is 3.28. The topological polar surface area (TPSA) is 21.5 Å². The second-order valence-electron chi connectivity index (χ2n) is 3.01. The smallest absolute Gasteiger partial charge is 0.130 e. The summed E-state index contributed by atoms with van der Waals surface area (Å²) in [5.74, 6) is 0.316. The second-order valence-corrected chi connectivity index (χ2v) is 3.01. The summed E-state index contributed by atoms with van der Waals surface area (Å²) in [5.41, 5.74) is 0. The first-order chi connectivity index (χ1) is 5.20. The summed E-state index contributed by atoms with van der Waals surface area (Å²) in [6.45, 7) is 9.53. The third kappa shape index (κ3) is 6.05. The summed E-state index contributed by atoms with van der Waals surface area (Å²) in [6, 6.07) is 0. The third-order valence-corrected chi connectivity index (χ3v) is 2.06. The highest BCUT2D eigenvalue weighted by Gasteiger charge is 2.02. The summed E-state index contributed by atoms with van der Waals surface area (Å²) in [4.78, 5) is 12.2. The van der Waals surface area contributed by atoms with Crippen LogP contribution in [0.5, 0.6) is 0 Å². The van der Waals surface area contributed by atoms with E-state index in [4.69, 9.17) is 0 Å². The molecule has 0 aliphatic heterocycles. The molecule has 0 bridgehead atoms. The molecule has 0 rings (SSSR count). The van der Waals surface area contributed by atoms with Crippen molar-refractivity contribution in [1.82, 2.24) is 0 Å². The normalized spacial score (nSPS) is 10.5. The van der Waals surface area contributed by atoms with Gasteiger partial charge in [-0.05, 0) is 20.8 Å². The lowest BCUT2D eigenvalue weighted by Crippen LogP contribution is -3.11. The van der Waals surface area contributed by atoms with Gasteiger partial charge in [0.1, 0.15) is 5.78 Å². The fraction of sp³-hybridized carbons (Fsp3) is 0.889. The molecule has 0 fully saturated rings. The zero-order chi connectivity index (χ0) is 8.69. The molecule has 1 N–H and O–H groups in total. The Morgan fingerprint density at radius 2 is 1.82 bits per heavy atom. The van der Waals surface area contributed by atoms with Crippen LogP contribution in [0.2, 0.25) is 0 Å². The Hall–Kier alpha value is -0.370. The molecule has 0 aromatic rings. The minimum atomic E-state index is 0.316. The highest BCUT2D eigenvalue weighted by Crippen LogP contribution is 1.85. The van der Waals surface area contributed by atoms with Crippen LogP contribution in [0.1, 0.15) is 33.6 Å². The first-order valence-corrected chi connectivity index (χ1v) is 4.53. The number of nitrogens with one attached hydrogen (secondary N) is 1. The van der Waals surface area contributed by atoms with E-state index in [9.17, 15) is 4.79 Å². The fourth-order valence-electron chi connectivity index (χ4n) is 1.19. The van der Waals surface area contributed by atoms with Crippen molar-refractivity contribution < 1.29 is 9.69 Å². The predicted octanol–water partition coefficient (Wildman–Crippen LogP) is 0.280. The first kappa shape index (κ1) is 10.6. The Morgan fingerprint density at radius 3 is 2.18 bits per heavy atom. The molecule has 0 spiro atoms. The van der Waals surface area contributed by atoms with Crippen molar-refractivity contribution in [2.24, 2.45) is 0 Å². The van der Waals surface area contributed by atoms with Crippen LogP contribution in [-0.2, 0) is 4.79 Å². The molecule has 0 unspecified atom stereocenters. The molecule has 0 aromatic carbocycles. The molecule has 11 heavy (non-hydrogen) atoms. The molecule has 0 aliphatic carbocycles. The van der Waals surface area contributed by atoms with E-state index in [-0.39, 0.29) is 0 Å². The Bertz CT molecular complexity index is 108. The van der Waals surface area contributed by atoms with Crippen LogP contribution in [0.25, 0.3) is 0 Å². The lowest BCUT2D eigenvalue weighted by molar-refractivity contribution is -0.896. The molecule has 0 atom stereocenters. The first-order valence-electron chi connectivity index (χ1n) is 4.53. The lowest BCUT2D eigenvalue weighted by Gasteiger charge is -2.14. The molecule has 2 heteroatoms. The van der Waals surface area contributed by atoms with E-state index in [2.05, 4.69) is 13.8 Å². The van der Waals surface area contributed by atoms with Crippen LogP contribution in [0.15, 0.2) is 0 Å². The van der Waals surface area contributed by atoms with Gasteiger partial charge in [0.15, 0.2) is 0 Å². The second kappa shape index (κ2) is 6.35. The number of carbonyl (C=O) groups is 1. The van der Waals surface area contributed by atoms with Crippen LogP contribution in [0, 0.1) is 0 Å². The summed E-state index contributed by atoms with van der Waals surface area (Å²) in [5, 5.41) is 0. The number of rotatable bonds is 6. The van der Waals surface area contributed by atoms with Crippen molar-refractivity contribution in [1.29, 1.82) is 0 Å². The van der Waals surface area contributed by atoms with Crippen molar-refractivity contribution >= 4 is 5.78 Å². The van der Waals surface area contributed by atoms with Gasteiger partial charge in [0, 0.05) is 12.8 Å². The monoisotopic (exact) mass is 158 g/mol. The van der Waals surface area contributed by atoms with E-state index in [0.29, 0.717) is 5.78 Å². The van der Waals surface area contributed by atoms with Gasteiger partial charge in [-0.25, -0.2) is 0 Å². The summed E-state index contributed by atoms with van der Waals surface area (Å²) in [7, 11) is 0. The van der Waals surface area contributed by atoms with Crippen LogP contribution >= 0.6 is 0 Å². The molecular formula is C9H20NO+. The van der Waals surface area contributed by atoms with Crippen molar-refractivity contribution in [3.05, 3.63) is 0 Å². The molecule has 0 aromatic heterocycles. The Kier molecular flexibility index (Phi) is 6.13. The summed E-state index contributed by atoms with van der Waals surface area (Å²) < 4.78 is 0. The minimum absolute atomic E-state index is 0.316. The minimum Gasteiger partial charge on any atom is -0.335 e.